The van der Waals surface area contributed by atoms with E-state index in [0.29, 0.717) is 35.3 Å². The monoisotopic (exact) mass is 493 g/mol. The number of hydrogen-bond acceptors (Lipinski definition) is 8. The molecule has 174 valence electrons. The lowest BCUT2D eigenvalue weighted by atomic mass is 10.1. The van der Waals surface area contributed by atoms with Crippen molar-refractivity contribution in [2.75, 3.05) is 13.2 Å². The highest BCUT2D eigenvalue weighted by Gasteiger charge is 2.23. The Hall–Kier alpha value is -3.24. The molecular weight excluding hydrogens is 470 g/mol. The highest BCUT2D eigenvalue weighted by atomic mass is 32.2. The second-order valence-corrected chi connectivity index (χ2v) is 10.0. The van der Waals surface area contributed by atoms with Crippen molar-refractivity contribution in [1.29, 1.82) is 0 Å². The van der Waals surface area contributed by atoms with Crippen LogP contribution in [0.2, 0.25) is 0 Å². The number of thioether (sulfide) groups is 1. The van der Waals surface area contributed by atoms with Crippen LogP contribution in [0.1, 0.15) is 37.7 Å². The molecule has 0 aliphatic carbocycles. The van der Waals surface area contributed by atoms with Crippen LogP contribution in [-0.2, 0) is 28.2 Å². The van der Waals surface area contributed by atoms with Gasteiger partial charge in [0, 0.05) is 35.1 Å². The van der Waals surface area contributed by atoms with Crippen LogP contribution in [0.5, 0.6) is 0 Å². The van der Waals surface area contributed by atoms with E-state index in [1.165, 1.54) is 22.2 Å². The topological polar surface area (TPSA) is 89.7 Å². The van der Waals surface area contributed by atoms with Crippen molar-refractivity contribution in [3.05, 3.63) is 74.7 Å². The maximum Gasteiger partial charge on any atom is 0.338 e. The van der Waals surface area contributed by atoms with Gasteiger partial charge in [0.1, 0.15) is 0 Å². The fourth-order valence-corrected chi connectivity index (χ4v) is 5.67. The van der Waals surface area contributed by atoms with Gasteiger partial charge in [0.15, 0.2) is 6.61 Å². The van der Waals surface area contributed by atoms with Crippen molar-refractivity contribution >= 4 is 40.8 Å². The van der Waals surface area contributed by atoms with Gasteiger partial charge in [0.05, 0.1) is 5.56 Å². The number of nitrogens with zero attached hydrogens (tertiary/aromatic N) is 5. The summed E-state index contributed by atoms with van der Waals surface area (Å²) in [6.07, 6.45) is 0.846. The molecule has 5 rings (SSSR count). The highest BCUT2D eigenvalue weighted by Crippen LogP contribution is 2.25. The third-order valence-corrected chi connectivity index (χ3v) is 7.59. The fraction of sp³-hybridized carbons (Fsp3) is 0.292. The molecule has 0 atom stereocenters. The number of benzene rings is 1. The van der Waals surface area contributed by atoms with Crippen molar-refractivity contribution in [2.24, 2.45) is 0 Å². The van der Waals surface area contributed by atoms with Crippen molar-refractivity contribution in [3.63, 3.8) is 0 Å². The Morgan fingerprint density at radius 3 is 2.91 bits per heavy atom. The molecule has 1 amide bonds. The zero-order chi connectivity index (χ0) is 23.7. The number of amides is 1. The Balaban J connectivity index is 1.22. The Morgan fingerprint density at radius 2 is 2.03 bits per heavy atom. The number of rotatable bonds is 6. The van der Waals surface area contributed by atoms with Gasteiger partial charge in [-0.25, -0.2) is 14.3 Å². The van der Waals surface area contributed by atoms with Gasteiger partial charge in [0.25, 0.3) is 11.7 Å². The molecule has 0 saturated heterocycles. The molecule has 0 unspecified atom stereocenters. The molecule has 4 heterocycles. The van der Waals surface area contributed by atoms with Crippen LogP contribution in [-0.4, -0.2) is 49.5 Å². The number of ether oxygens (including phenoxy) is 1. The van der Waals surface area contributed by atoms with Crippen molar-refractivity contribution in [1.82, 2.24) is 24.5 Å². The van der Waals surface area contributed by atoms with E-state index in [4.69, 9.17) is 4.74 Å². The minimum absolute atomic E-state index is 0.177. The van der Waals surface area contributed by atoms with E-state index in [-0.39, 0.29) is 12.5 Å². The summed E-state index contributed by atoms with van der Waals surface area (Å²) in [5.41, 5.74) is 4.26. The van der Waals surface area contributed by atoms with Crippen LogP contribution in [0.3, 0.4) is 0 Å². The first-order valence-corrected chi connectivity index (χ1v) is 12.8. The summed E-state index contributed by atoms with van der Waals surface area (Å²) in [6.45, 7) is 4.84. The average molecular weight is 494 g/mol. The van der Waals surface area contributed by atoms with Crippen LogP contribution in [0.25, 0.3) is 5.78 Å². The number of thiophene rings is 1. The van der Waals surface area contributed by atoms with Crippen LogP contribution in [0, 0.1) is 13.8 Å². The number of aryl methyl sites for hydroxylation is 2. The van der Waals surface area contributed by atoms with Gasteiger partial charge in [-0.15, -0.1) is 16.4 Å². The van der Waals surface area contributed by atoms with E-state index in [9.17, 15) is 9.59 Å². The number of carbonyl (C=O) groups is 2. The first-order valence-electron chi connectivity index (χ1n) is 10.9. The van der Waals surface area contributed by atoms with Crippen LogP contribution < -0.4 is 0 Å². The fourth-order valence-electron chi connectivity index (χ4n) is 3.95. The molecule has 0 N–H and O–H groups in total. The molecule has 10 heteroatoms. The molecule has 4 aromatic rings. The van der Waals surface area contributed by atoms with E-state index in [2.05, 4.69) is 21.1 Å². The smallest absolute Gasteiger partial charge is 0.338 e. The van der Waals surface area contributed by atoms with E-state index in [0.717, 1.165) is 23.4 Å². The Kier molecular flexibility index (Phi) is 6.34. The van der Waals surface area contributed by atoms with Gasteiger partial charge in [0.2, 0.25) is 5.16 Å². The number of hydrogen-bond donors (Lipinski definition) is 0. The van der Waals surface area contributed by atoms with Gasteiger partial charge in [-0.3, -0.25) is 4.79 Å². The molecule has 3 aromatic heterocycles. The zero-order valence-electron chi connectivity index (χ0n) is 18.9. The predicted molar refractivity (Wildman–Crippen MR) is 130 cm³/mol. The summed E-state index contributed by atoms with van der Waals surface area (Å²) in [6, 6.07) is 11.2. The van der Waals surface area contributed by atoms with Crippen molar-refractivity contribution < 1.29 is 14.3 Å². The summed E-state index contributed by atoms with van der Waals surface area (Å²) in [5.74, 6) is 0.359. The number of carbonyl (C=O) groups excluding carboxylic acids is 2. The SMILES string of the molecule is Cc1cc(C)n2nc(SCc3ccccc3C(=O)OCC(=O)N3CCc4sccc4C3)nc2n1. The lowest BCUT2D eigenvalue weighted by molar-refractivity contribution is -0.135. The zero-order valence-corrected chi connectivity index (χ0v) is 20.5. The van der Waals surface area contributed by atoms with E-state index in [1.54, 1.807) is 32.9 Å². The molecule has 0 spiro atoms. The second-order valence-electron chi connectivity index (χ2n) is 8.10. The molecule has 1 aromatic carbocycles. The molecule has 0 saturated carbocycles. The molecule has 0 radical (unpaired) electrons. The normalized spacial score (nSPS) is 13.2. The summed E-state index contributed by atoms with van der Waals surface area (Å²) in [7, 11) is 0. The molecule has 34 heavy (non-hydrogen) atoms. The number of fused-ring (bicyclic) bond motifs is 2. The minimum Gasteiger partial charge on any atom is -0.452 e. The van der Waals surface area contributed by atoms with E-state index >= 15 is 0 Å². The third-order valence-electron chi connectivity index (χ3n) is 5.68. The first-order chi connectivity index (χ1) is 16.5. The lowest BCUT2D eigenvalue weighted by Crippen LogP contribution is -2.38. The summed E-state index contributed by atoms with van der Waals surface area (Å²) in [4.78, 5) is 37.4. The largest absolute Gasteiger partial charge is 0.452 e. The predicted octanol–water partition coefficient (Wildman–Crippen LogP) is 3.84. The van der Waals surface area contributed by atoms with Gasteiger partial charge in [-0.05, 0) is 55.0 Å². The average Bonchev–Trinajstić information content (AvgIpc) is 3.47. The molecule has 1 aliphatic rings. The van der Waals surface area contributed by atoms with Crippen LogP contribution >= 0.6 is 23.1 Å². The summed E-state index contributed by atoms with van der Waals surface area (Å²) >= 11 is 3.14. The van der Waals surface area contributed by atoms with Crippen LogP contribution in [0.4, 0.5) is 0 Å². The Bertz CT molecular complexity index is 1380. The third kappa shape index (κ3) is 4.69. The van der Waals surface area contributed by atoms with Gasteiger partial charge in [-0.1, -0.05) is 30.0 Å². The Morgan fingerprint density at radius 1 is 1.18 bits per heavy atom. The van der Waals surface area contributed by atoms with Gasteiger partial charge in [-0.2, -0.15) is 4.98 Å². The molecule has 8 nitrogen and oxygen atoms in total. The maximum atomic E-state index is 12.8. The van der Waals surface area contributed by atoms with Crippen molar-refractivity contribution in [2.45, 2.75) is 37.7 Å². The molecular formula is C24H23N5O3S2. The van der Waals surface area contributed by atoms with Crippen LogP contribution in [0.15, 0.2) is 46.9 Å². The molecule has 0 fully saturated rings. The summed E-state index contributed by atoms with van der Waals surface area (Å²) < 4.78 is 7.11. The molecule has 0 bridgehead atoms. The minimum atomic E-state index is -0.506. The lowest BCUT2D eigenvalue weighted by Gasteiger charge is -2.26. The first kappa shape index (κ1) is 22.5. The van der Waals surface area contributed by atoms with E-state index in [1.807, 2.05) is 37.4 Å². The second kappa shape index (κ2) is 9.55. The van der Waals surface area contributed by atoms with E-state index < -0.39 is 5.97 Å². The maximum absolute atomic E-state index is 12.8. The standard InChI is InChI=1S/C24H23N5O3S2/c1-15-11-16(2)29-23(25-15)26-24(27-29)34-14-18-5-3-4-6-19(18)22(31)32-13-21(30)28-9-7-20-17(12-28)8-10-33-20/h3-6,8,10-11H,7,9,12-14H2,1-2H3. The summed E-state index contributed by atoms with van der Waals surface area (Å²) in [5, 5.41) is 7.14. The van der Waals surface area contributed by atoms with Gasteiger partial charge < -0.3 is 9.64 Å². The Labute approximate surface area is 205 Å². The number of esters is 1. The number of aromatic nitrogens is 4. The highest BCUT2D eigenvalue weighted by molar-refractivity contribution is 7.98. The quantitative estimate of drug-likeness (QED) is 0.298. The van der Waals surface area contributed by atoms with Crippen molar-refractivity contribution in [3.8, 4) is 0 Å². The van der Waals surface area contributed by atoms with Gasteiger partial charge >= 0.3 is 5.97 Å². The molecule has 1 aliphatic heterocycles.